The topological polar surface area (TPSA) is 220 Å². The molecule has 6 rings (SSSR count). The van der Waals surface area contributed by atoms with E-state index in [0.717, 1.165) is 30.4 Å². The number of aromatic nitrogens is 1. The number of likely N-dealkylation sites (tertiary alicyclic amines) is 1. The van der Waals surface area contributed by atoms with Gasteiger partial charge in [-0.05, 0) is 95.2 Å². The number of fused-ring (bicyclic) bond motifs is 3. The number of benzene rings is 1. The van der Waals surface area contributed by atoms with E-state index in [-0.39, 0.29) is 55.4 Å². The minimum atomic E-state index is -4.99. The van der Waals surface area contributed by atoms with Gasteiger partial charge in [0.15, 0.2) is 11.4 Å². The highest BCUT2D eigenvalue weighted by atomic mass is 32.2. The third-order valence-corrected chi connectivity index (χ3v) is 17.4. The van der Waals surface area contributed by atoms with Crippen molar-refractivity contribution in [3.8, 4) is 11.5 Å². The van der Waals surface area contributed by atoms with Crippen molar-refractivity contribution in [3.05, 3.63) is 41.6 Å². The molecule has 1 aromatic heterocycles. The quantitative estimate of drug-likeness (QED) is 0.109. The Balaban J connectivity index is 1.31. The number of alkyl carbamates (subject to hydrolysis) is 1. The summed E-state index contributed by atoms with van der Waals surface area (Å²) in [5.74, 6) is -3.67. The lowest BCUT2D eigenvalue weighted by Gasteiger charge is -2.37. The summed E-state index contributed by atoms with van der Waals surface area (Å²) in [5.41, 5.74) is -4.58. The number of carbonyl (C=O) groups excluding carboxylic acids is 4. The van der Waals surface area contributed by atoms with Gasteiger partial charge >= 0.3 is 12.3 Å². The predicted octanol–water partition coefficient (Wildman–Crippen LogP) is 6.00. The standard InChI is InChI=1S/C47H67F3N6O11S2/c1-8-9-10-11-12-13-31(4)45(6,42(59)54-69(63,64)44(5)20-21-44)53-41(58)37-25-46(29-56(37)38(57)26-51-43(60)66-27-30(2)3)19-16-34-35-24-33(65-28-32-17-22-55(23-18-32)68(7,61)62)14-15-36(35)52-40(39(34)67-46)47(48,49)50/h12-15,24,30-32,37H,8-11,16-23,25-29H2,1-7H3,(H,51,60)(H,53,58)(H,54,59)/b13-12-/t31-,37-,45+,46+/m0/s1. The molecular formula is C47H67F3N6O11S2. The third-order valence-electron chi connectivity index (χ3n) is 13.9. The number of rotatable bonds is 19. The van der Waals surface area contributed by atoms with Crippen LogP contribution in [0.15, 0.2) is 30.4 Å². The van der Waals surface area contributed by atoms with Crippen molar-refractivity contribution in [3.63, 3.8) is 0 Å². The number of nitrogens with one attached hydrogen (secondary N) is 3. The zero-order valence-electron chi connectivity index (χ0n) is 40.5. The number of carbonyl (C=O) groups is 4. The van der Waals surface area contributed by atoms with Gasteiger partial charge < -0.3 is 29.7 Å². The number of piperidine rings is 1. The Bertz CT molecular complexity index is 2510. The SMILES string of the molecule is CCCCC/C=C\[C@H](C)[C@@](C)(NC(=O)[C@@H]1C[C@]2(CCc3c(c(C(F)(F)F)nc4ccc(OCC5CCN(S(C)(=O)=O)CC5)cc34)O2)CN1C(=O)CNC(=O)OCC(C)C)C(=O)NS(=O)(=O)C1(C)CC1. The second kappa shape index (κ2) is 20.9. The number of nitrogens with zero attached hydrogens (tertiary/aromatic N) is 3. The molecule has 69 heavy (non-hydrogen) atoms. The molecule has 3 aliphatic heterocycles. The lowest BCUT2D eigenvalue weighted by Crippen LogP contribution is -2.64. The molecule has 1 saturated carbocycles. The van der Waals surface area contributed by atoms with Crippen molar-refractivity contribution < 1.29 is 63.4 Å². The molecule has 4 heterocycles. The van der Waals surface area contributed by atoms with Crippen LogP contribution >= 0.6 is 0 Å². The number of alkyl halides is 3. The average Bonchev–Trinajstić information content (AvgIpc) is 3.95. The van der Waals surface area contributed by atoms with E-state index in [9.17, 15) is 49.2 Å². The zero-order valence-corrected chi connectivity index (χ0v) is 42.1. The Kier molecular flexibility index (Phi) is 16.3. The molecule has 1 aliphatic carbocycles. The summed E-state index contributed by atoms with van der Waals surface area (Å²) in [5, 5.41) is 5.48. The Labute approximate surface area is 403 Å². The van der Waals surface area contributed by atoms with Gasteiger partial charge in [-0.3, -0.25) is 19.1 Å². The van der Waals surface area contributed by atoms with Gasteiger partial charge in [0.2, 0.25) is 31.9 Å². The maximum atomic E-state index is 15.0. The maximum absolute atomic E-state index is 15.0. The van der Waals surface area contributed by atoms with E-state index >= 15 is 0 Å². The van der Waals surface area contributed by atoms with E-state index < -0.39 is 102 Å². The summed E-state index contributed by atoms with van der Waals surface area (Å²) in [6.45, 7) is 10.2. The number of aryl methyl sites for hydroxylation is 1. The van der Waals surface area contributed by atoms with Gasteiger partial charge in [0.1, 0.15) is 29.5 Å². The third kappa shape index (κ3) is 12.6. The minimum Gasteiger partial charge on any atom is -0.493 e. The van der Waals surface area contributed by atoms with Crippen LogP contribution in [-0.4, -0.2) is 122 Å². The molecule has 0 bridgehead atoms. The zero-order chi connectivity index (χ0) is 50.7. The molecular weight excluding hydrogens is 946 g/mol. The number of sulfonamides is 2. The molecule has 1 spiro atoms. The molecule has 2 saturated heterocycles. The fourth-order valence-corrected chi connectivity index (χ4v) is 11.1. The van der Waals surface area contributed by atoms with E-state index in [4.69, 9.17) is 14.2 Å². The molecule has 3 fully saturated rings. The van der Waals surface area contributed by atoms with Crippen molar-refractivity contribution in [1.29, 1.82) is 0 Å². The van der Waals surface area contributed by atoms with E-state index in [1.807, 2.05) is 19.9 Å². The van der Waals surface area contributed by atoms with Crippen LogP contribution < -0.4 is 24.8 Å². The van der Waals surface area contributed by atoms with Crippen molar-refractivity contribution in [2.75, 3.05) is 45.6 Å². The minimum absolute atomic E-state index is 0.00239. The van der Waals surface area contributed by atoms with E-state index in [1.54, 1.807) is 19.1 Å². The average molecular weight is 1010 g/mol. The summed E-state index contributed by atoms with van der Waals surface area (Å²) in [6.07, 6.45) is 3.77. The summed E-state index contributed by atoms with van der Waals surface area (Å²) in [6, 6.07) is 3.07. The van der Waals surface area contributed by atoms with Crippen LogP contribution in [0.25, 0.3) is 10.9 Å². The van der Waals surface area contributed by atoms with E-state index in [0.29, 0.717) is 56.3 Å². The smallest absolute Gasteiger partial charge is 0.437 e. The lowest BCUT2D eigenvalue weighted by atomic mass is 9.84. The number of hydrogen-bond acceptors (Lipinski definition) is 12. The first-order valence-corrected chi connectivity index (χ1v) is 27.1. The first-order valence-electron chi connectivity index (χ1n) is 23.8. The molecule has 4 amide bonds. The van der Waals surface area contributed by atoms with Crippen LogP contribution in [0, 0.1) is 17.8 Å². The number of amides is 4. The van der Waals surface area contributed by atoms with Crippen LogP contribution in [0.1, 0.15) is 117 Å². The predicted molar refractivity (Wildman–Crippen MR) is 251 cm³/mol. The van der Waals surface area contributed by atoms with Gasteiger partial charge in [-0.25, -0.2) is 30.9 Å². The number of halogens is 3. The van der Waals surface area contributed by atoms with Crippen molar-refractivity contribution in [2.24, 2.45) is 17.8 Å². The number of unbranched alkanes of at least 4 members (excludes halogenated alkanes) is 3. The monoisotopic (exact) mass is 1010 g/mol. The van der Waals surface area contributed by atoms with E-state index in [1.165, 1.54) is 30.3 Å². The Morgan fingerprint density at radius 2 is 1.74 bits per heavy atom. The maximum Gasteiger partial charge on any atom is 0.437 e. The van der Waals surface area contributed by atoms with Crippen LogP contribution in [0.3, 0.4) is 0 Å². The molecule has 22 heteroatoms. The summed E-state index contributed by atoms with van der Waals surface area (Å²) < 4.78 is 116. The molecule has 2 aromatic rings. The van der Waals surface area contributed by atoms with E-state index in [2.05, 4.69) is 27.3 Å². The van der Waals surface area contributed by atoms with Gasteiger partial charge in [0, 0.05) is 36.4 Å². The lowest BCUT2D eigenvalue weighted by molar-refractivity contribution is -0.144. The van der Waals surface area contributed by atoms with Crippen molar-refractivity contribution in [1.82, 2.24) is 29.5 Å². The molecule has 4 aliphatic rings. The Hall–Kier alpha value is -4.70. The molecule has 4 atom stereocenters. The second-order valence-electron chi connectivity index (χ2n) is 20.0. The largest absolute Gasteiger partial charge is 0.493 e. The fraction of sp³-hybridized carbons (Fsp3) is 0.681. The first kappa shape index (κ1) is 53.6. The molecule has 17 nitrogen and oxygen atoms in total. The number of allylic oxidation sites excluding steroid dienone is 1. The number of ether oxygens (including phenoxy) is 3. The highest BCUT2D eigenvalue weighted by Gasteiger charge is 2.56. The summed E-state index contributed by atoms with van der Waals surface area (Å²) in [4.78, 5) is 60.8. The highest BCUT2D eigenvalue weighted by Crippen LogP contribution is 2.49. The van der Waals surface area contributed by atoms with Crippen LogP contribution in [0.4, 0.5) is 18.0 Å². The fourth-order valence-electron chi connectivity index (χ4n) is 8.93. The van der Waals surface area contributed by atoms with Gasteiger partial charge in [0.05, 0.1) is 36.3 Å². The highest BCUT2D eigenvalue weighted by molar-refractivity contribution is 7.91. The second-order valence-corrected chi connectivity index (χ2v) is 24.2. The molecule has 0 radical (unpaired) electrons. The number of pyridine rings is 1. The van der Waals surface area contributed by atoms with Crippen LogP contribution in [0.2, 0.25) is 0 Å². The van der Waals surface area contributed by atoms with Crippen molar-refractivity contribution >= 4 is 54.8 Å². The molecule has 0 unspecified atom stereocenters. The van der Waals surface area contributed by atoms with Crippen molar-refractivity contribution in [2.45, 2.75) is 140 Å². The van der Waals surface area contributed by atoms with Gasteiger partial charge in [-0.2, -0.15) is 13.2 Å². The van der Waals surface area contributed by atoms with Gasteiger partial charge in [-0.1, -0.05) is 52.7 Å². The Morgan fingerprint density at radius 3 is 2.36 bits per heavy atom. The Morgan fingerprint density at radius 1 is 1.04 bits per heavy atom. The van der Waals surface area contributed by atoms with Crippen LogP contribution in [-0.2, 0) is 51.8 Å². The molecule has 1 aromatic carbocycles. The number of hydrogen-bond donors (Lipinski definition) is 3. The molecule has 3 N–H and O–H groups in total. The van der Waals surface area contributed by atoms with Gasteiger partial charge in [0.25, 0.3) is 5.91 Å². The normalized spacial score (nSPS) is 22.2. The summed E-state index contributed by atoms with van der Waals surface area (Å²) >= 11 is 0. The van der Waals surface area contributed by atoms with Gasteiger partial charge in [-0.15, -0.1) is 0 Å². The summed E-state index contributed by atoms with van der Waals surface area (Å²) in [7, 11) is -7.50. The first-order chi connectivity index (χ1) is 32.2. The molecule has 384 valence electrons. The van der Waals surface area contributed by atoms with Crippen LogP contribution in [0.5, 0.6) is 11.5 Å².